The first kappa shape index (κ1) is 21.6. The van der Waals surface area contributed by atoms with Gasteiger partial charge in [-0.2, -0.15) is 4.98 Å². The SMILES string of the molecule is COc1ccc(Cl)cc1NC(=O)C1CCCN(Cc2nc(-c3ccc(Cl)cc3)no2)C1. The Labute approximate surface area is 190 Å². The number of anilines is 1. The molecule has 2 aromatic carbocycles. The fraction of sp³-hybridized carbons (Fsp3) is 0.318. The second-order valence-corrected chi connectivity index (χ2v) is 8.30. The number of methoxy groups -OCH3 is 1. The third-order valence-electron chi connectivity index (χ3n) is 5.23. The van der Waals surface area contributed by atoms with Crippen LogP contribution < -0.4 is 10.1 Å². The summed E-state index contributed by atoms with van der Waals surface area (Å²) in [5.74, 6) is 1.40. The van der Waals surface area contributed by atoms with Crippen molar-refractivity contribution in [2.24, 2.45) is 5.92 Å². The van der Waals surface area contributed by atoms with E-state index in [1.807, 2.05) is 12.1 Å². The van der Waals surface area contributed by atoms with Gasteiger partial charge in [-0.05, 0) is 61.9 Å². The van der Waals surface area contributed by atoms with E-state index >= 15 is 0 Å². The number of amides is 1. The molecule has 1 N–H and O–H groups in total. The van der Waals surface area contributed by atoms with E-state index in [0.717, 1.165) is 24.9 Å². The number of halogens is 2. The Morgan fingerprint density at radius 1 is 1.23 bits per heavy atom. The van der Waals surface area contributed by atoms with Gasteiger partial charge in [0.15, 0.2) is 0 Å². The first-order chi connectivity index (χ1) is 15.0. The molecule has 0 bridgehead atoms. The predicted octanol–water partition coefficient (Wildman–Crippen LogP) is 4.90. The molecule has 1 saturated heterocycles. The average molecular weight is 461 g/mol. The van der Waals surface area contributed by atoms with E-state index in [2.05, 4.69) is 20.4 Å². The number of benzene rings is 2. The van der Waals surface area contributed by atoms with Crippen LogP contribution in [0.3, 0.4) is 0 Å². The standard InChI is InChI=1S/C22H22Cl2N4O3/c1-30-19-9-8-17(24)11-18(19)25-22(29)15-3-2-10-28(12-15)13-20-26-21(27-31-20)14-4-6-16(23)7-5-14/h4-9,11,15H,2-3,10,12-13H2,1H3,(H,25,29). The predicted molar refractivity (Wildman–Crippen MR) is 119 cm³/mol. The van der Waals surface area contributed by atoms with Crippen LogP contribution >= 0.6 is 23.2 Å². The zero-order valence-electron chi connectivity index (χ0n) is 17.0. The summed E-state index contributed by atoms with van der Waals surface area (Å²) >= 11 is 12.0. The minimum Gasteiger partial charge on any atom is -0.495 e. The molecule has 1 aromatic heterocycles. The van der Waals surface area contributed by atoms with Gasteiger partial charge in [0.05, 0.1) is 25.3 Å². The van der Waals surface area contributed by atoms with Crippen LogP contribution in [0.1, 0.15) is 18.7 Å². The zero-order chi connectivity index (χ0) is 21.8. The molecule has 1 aliphatic rings. The monoisotopic (exact) mass is 460 g/mol. The number of hydrogen-bond acceptors (Lipinski definition) is 6. The molecule has 0 saturated carbocycles. The molecular formula is C22H22Cl2N4O3. The molecule has 7 nitrogen and oxygen atoms in total. The summed E-state index contributed by atoms with van der Waals surface area (Å²) in [5, 5.41) is 8.20. The van der Waals surface area contributed by atoms with Crippen LogP contribution in [0.4, 0.5) is 5.69 Å². The third kappa shape index (κ3) is 5.36. The van der Waals surface area contributed by atoms with E-state index in [9.17, 15) is 4.79 Å². The van der Waals surface area contributed by atoms with Crippen molar-refractivity contribution in [3.05, 3.63) is 58.4 Å². The number of rotatable bonds is 6. The highest BCUT2D eigenvalue weighted by Crippen LogP contribution is 2.29. The summed E-state index contributed by atoms with van der Waals surface area (Å²) in [6.07, 6.45) is 1.72. The van der Waals surface area contributed by atoms with E-state index in [0.29, 0.717) is 46.3 Å². The molecule has 0 radical (unpaired) electrons. The van der Waals surface area contributed by atoms with Crippen molar-refractivity contribution in [3.8, 4) is 17.1 Å². The van der Waals surface area contributed by atoms with Crippen LogP contribution in [0.5, 0.6) is 5.75 Å². The van der Waals surface area contributed by atoms with Gasteiger partial charge in [-0.3, -0.25) is 9.69 Å². The van der Waals surface area contributed by atoms with Crippen molar-refractivity contribution in [3.63, 3.8) is 0 Å². The Hall–Kier alpha value is -2.61. The normalized spacial score (nSPS) is 16.8. The van der Waals surface area contributed by atoms with Gasteiger partial charge in [0.2, 0.25) is 17.6 Å². The van der Waals surface area contributed by atoms with E-state index in [1.165, 1.54) is 0 Å². The van der Waals surface area contributed by atoms with E-state index < -0.39 is 0 Å². The lowest BCUT2D eigenvalue weighted by atomic mass is 9.97. The maximum atomic E-state index is 12.9. The number of ether oxygens (including phenoxy) is 1. The molecule has 1 unspecified atom stereocenters. The minimum atomic E-state index is -0.156. The largest absolute Gasteiger partial charge is 0.495 e. The molecule has 1 fully saturated rings. The molecule has 3 aromatic rings. The lowest BCUT2D eigenvalue weighted by molar-refractivity contribution is -0.121. The minimum absolute atomic E-state index is 0.0577. The summed E-state index contributed by atoms with van der Waals surface area (Å²) in [7, 11) is 1.56. The van der Waals surface area contributed by atoms with Gasteiger partial charge in [-0.15, -0.1) is 0 Å². The van der Waals surface area contributed by atoms with E-state index in [1.54, 1.807) is 37.4 Å². The topological polar surface area (TPSA) is 80.5 Å². The number of carbonyl (C=O) groups excluding carboxylic acids is 1. The highest BCUT2D eigenvalue weighted by atomic mass is 35.5. The van der Waals surface area contributed by atoms with Crippen LogP contribution in [0.25, 0.3) is 11.4 Å². The first-order valence-electron chi connectivity index (χ1n) is 9.97. The molecular weight excluding hydrogens is 439 g/mol. The van der Waals surface area contributed by atoms with E-state index in [-0.39, 0.29) is 11.8 Å². The lowest BCUT2D eigenvalue weighted by Gasteiger charge is -2.31. The van der Waals surface area contributed by atoms with Crippen molar-refractivity contribution in [1.29, 1.82) is 0 Å². The van der Waals surface area contributed by atoms with E-state index in [4.69, 9.17) is 32.5 Å². The Morgan fingerprint density at radius 2 is 2.00 bits per heavy atom. The number of nitrogens with zero attached hydrogens (tertiary/aromatic N) is 3. The summed E-state index contributed by atoms with van der Waals surface area (Å²) in [6.45, 7) is 1.96. The maximum Gasteiger partial charge on any atom is 0.241 e. The number of hydrogen-bond donors (Lipinski definition) is 1. The van der Waals surface area contributed by atoms with Crippen LogP contribution in [-0.2, 0) is 11.3 Å². The van der Waals surface area contributed by atoms with Gasteiger partial charge in [-0.25, -0.2) is 0 Å². The number of carbonyl (C=O) groups is 1. The van der Waals surface area contributed by atoms with Crippen molar-refractivity contribution in [2.45, 2.75) is 19.4 Å². The van der Waals surface area contributed by atoms with Crippen molar-refractivity contribution in [2.75, 3.05) is 25.5 Å². The number of likely N-dealkylation sites (tertiary alicyclic amines) is 1. The number of nitrogens with one attached hydrogen (secondary N) is 1. The van der Waals surface area contributed by atoms with Crippen molar-refractivity contribution < 1.29 is 14.1 Å². The van der Waals surface area contributed by atoms with Gasteiger partial charge in [0.1, 0.15) is 5.75 Å². The van der Waals surface area contributed by atoms with Gasteiger partial charge in [0, 0.05) is 22.2 Å². The maximum absolute atomic E-state index is 12.9. The van der Waals surface area contributed by atoms with Gasteiger partial charge in [-0.1, -0.05) is 28.4 Å². The Morgan fingerprint density at radius 3 is 2.77 bits per heavy atom. The molecule has 4 rings (SSSR count). The Kier molecular flexibility index (Phi) is 6.75. The second kappa shape index (κ2) is 9.68. The number of aromatic nitrogens is 2. The lowest BCUT2D eigenvalue weighted by Crippen LogP contribution is -2.40. The summed E-state index contributed by atoms with van der Waals surface area (Å²) < 4.78 is 10.7. The molecule has 31 heavy (non-hydrogen) atoms. The fourth-order valence-electron chi connectivity index (χ4n) is 3.65. The molecule has 1 aliphatic heterocycles. The summed E-state index contributed by atoms with van der Waals surface area (Å²) in [4.78, 5) is 19.5. The van der Waals surface area contributed by atoms with Crippen LogP contribution in [0.15, 0.2) is 47.0 Å². The number of piperidine rings is 1. The van der Waals surface area contributed by atoms with Crippen molar-refractivity contribution >= 4 is 34.8 Å². The van der Waals surface area contributed by atoms with Crippen LogP contribution in [0.2, 0.25) is 10.0 Å². The van der Waals surface area contributed by atoms with Gasteiger partial charge >= 0.3 is 0 Å². The highest BCUT2D eigenvalue weighted by Gasteiger charge is 2.27. The summed E-state index contributed by atoms with van der Waals surface area (Å²) in [6, 6.07) is 12.4. The third-order valence-corrected chi connectivity index (χ3v) is 5.71. The molecule has 0 aliphatic carbocycles. The smallest absolute Gasteiger partial charge is 0.241 e. The first-order valence-corrected chi connectivity index (χ1v) is 10.7. The molecule has 0 spiro atoms. The Balaban J connectivity index is 1.38. The molecule has 9 heteroatoms. The average Bonchev–Trinajstić information content (AvgIpc) is 3.23. The van der Waals surface area contributed by atoms with Crippen molar-refractivity contribution in [1.82, 2.24) is 15.0 Å². The molecule has 162 valence electrons. The summed E-state index contributed by atoms with van der Waals surface area (Å²) in [5.41, 5.74) is 1.41. The second-order valence-electron chi connectivity index (χ2n) is 7.43. The van der Waals surface area contributed by atoms with Gasteiger partial charge < -0.3 is 14.6 Å². The van der Waals surface area contributed by atoms with Crippen LogP contribution in [0, 0.1) is 5.92 Å². The highest BCUT2D eigenvalue weighted by molar-refractivity contribution is 6.31. The molecule has 2 heterocycles. The fourth-order valence-corrected chi connectivity index (χ4v) is 3.95. The van der Waals surface area contributed by atoms with Gasteiger partial charge in [0.25, 0.3) is 0 Å². The quantitative estimate of drug-likeness (QED) is 0.563. The molecule has 1 atom stereocenters. The Bertz CT molecular complexity index is 1060. The van der Waals surface area contributed by atoms with Crippen LogP contribution in [-0.4, -0.2) is 41.1 Å². The molecule has 1 amide bonds. The zero-order valence-corrected chi connectivity index (χ0v) is 18.5.